The summed E-state index contributed by atoms with van der Waals surface area (Å²) in [7, 11) is -1.48. The molecule has 6 heteroatoms. The van der Waals surface area contributed by atoms with Gasteiger partial charge in [0.05, 0.1) is 0 Å². The van der Waals surface area contributed by atoms with Crippen molar-refractivity contribution in [3.8, 4) is 0 Å². The first-order valence-corrected chi connectivity index (χ1v) is 5.66. The average molecular weight is 232 g/mol. The molecule has 0 aliphatic heterocycles. The largest absolute Gasteiger partial charge is 0.488 e. The molecular weight excluding hydrogens is 219 g/mol. The Labute approximate surface area is 98.6 Å². The van der Waals surface area contributed by atoms with Gasteiger partial charge in [0, 0.05) is 6.04 Å². The molecule has 1 aromatic heterocycles. The third-order valence-electron chi connectivity index (χ3n) is 3.13. The maximum atomic E-state index is 9.06. The van der Waals surface area contributed by atoms with Crippen LogP contribution in [0.3, 0.4) is 0 Å². The number of aromatic nitrogens is 1. The summed E-state index contributed by atoms with van der Waals surface area (Å²) < 4.78 is 5.52. The molecule has 0 bridgehead atoms. The number of hydrogen-bond donors (Lipinski definition) is 3. The molecule has 3 rings (SSSR count). The number of rotatable bonds is 3. The van der Waals surface area contributed by atoms with Gasteiger partial charge in [0.15, 0.2) is 5.58 Å². The molecule has 1 aromatic carbocycles. The lowest BCUT2D eigenvalue weighted by molar-refractivity contribution is 0.426. The molecule has 0 saturated heterocycles. The van der Waals surface area contributed by atoms with Gasteiger partial charge >= 0.3 is 7.12 Å². The molecule has 3 N–H and O–H groups in total. The van der Waals surface area contributed by atoms with Gasteiger partial charge in [-0.2, -0.15) is 4.98 Å². The van der Waals surface area contributed by atoms with Crippen molar-refractivity contribution < 1.29 is 14.5 Å². The first-order chi connectivity index (χ1) is 8.13. The SMILES string of the molecule is CC1CC1Nc1nc2cc(B(O)O)ccc2o1. The first kappa shape index (κ1) is 10.6. The van der Waals surface area contributed by atoms with Gasteiger partial charge < -0.3 is 19.8 Å². The van der Waals surface area contributed by atoms with E-state index in [1.807, 2.05) is 0 Å². The van der Waals surface area contributed by atoms with Crippen molar-refractivity contribution >= 4 is 29.7 Å². The molecule has 1 fully saturated rings. The van der Waals surface area contributed by atoms with Gasteiger partial charge in [0.2, 0.25) is 0 Å². The molecule has 2 atom stereocenters. The molecule has 1 heterocycles. The number of benzene rings is 1. The van der Waals surface area contributed by atoms with Crippen LogP contribution < -0.4 is 10.8 Å². The highest BCUT2D eigenvalue weighted by Crippen LogP contribution is 2.33. The van der Waals surface area contributed by atoms with Crippen LogP contribution in [-0.2, 0) is 0 Å². The van der Waals surface area contributed by atoms with E-state index in [2.05, 4.69) is 17.2 Å². The monoisotopic (exact) mass is 232 g/mol. The lowest BCUT2D eigenvalue weighted by atomic mass is 9.80. The fourth-order valence-electron chi connectivity index (χ4n) is 1.85. The molecule has 1 aliphatic carbocycles. The molecule has 0 spiro atoms. The van der Waals surface area contributed by atoms with E-state index in [0.29, 0.717) is 34.5 Å². The molecule has 5 nitrogen and oxygen atoms in total. The van der Waals surface area contributed by atoms with E-state index < -0.39 is 7.12 Å². The Hall–Kier alpha value is -1.53. The zero-order valence-corrected chi connectivity index (χ0v) is 9.42. The predicted molar refractivity (Wildman–Crippen MR) is 65.0 cm³/mol. The van der Waals surface area contributed by atoms with Crippen LogP contribution in [0.1, 0.15) is 13.3 Å². The van der Waals surface area contributed by atoms with Crippen molar-refractivity contribution in [2.75, 3.05) is 5.32 Å². The maximum absolute atomic E-state index is 9.06. The summed E-state index contributed by atoms with van der Waals surface area (Å²) in [6.45, 7) is 2.17. The van der Waals surface area contributed by atoms with E-state index in [1.165, 1.54) is 0 Å². The van der Waals surface area contributed by atoms with Gasteiger partial charge in [-0.05, 0) is 29.9 Å². The van der Waals surface area contributed by atoms with Crippen molar-refractivity contribution in [3.05, 3.63) is 18.2 Å². The molecule has 17 heavy (non-hydrogen) atoms. The fraction of sp³-hybridized carbons (Fsp3) is 0.364. The third kappa shape index (κ3) is 2.01. The van der Waals surface area contributed by atoms with Gasteiger partial charge in [-0.3, -0.25) is 0 Å². The number of nitrogens with one attached hydrogen (secondary N) is 1. The minimum absolute atomic E-state index is 0.414. The Morgan fingerprint density at radius 3 is 2.88 bits per heavy atom. The van der Waals surface area contributed by atoms with E-state index in [1.54, 1.807) is 18.2 Å². The Morgan fingerprint density at radius 2 is 2.24 bits per heavy atom. The second-order valence-corrected chi connectivity index (χ2v) is 4.58. The second kappa shape index (κ2) is 3.75. The van der Waals surface area contributed by atoms with E-state index in [9.17, 15) is 0 Å². The smallest absolute Gasteiger partial charge is 0.424 e. The molecule has 0 radical (unpaired) electrons. The Balaban J connectivity index is 1.89. The minimum Gasteiger partial charge on any atom is -0.424 e. The van der Waals surface area contributed by atoms with Gasteiger partial charge in [-0.25, -0.2) is 0 Å². The van der Waals surface area contributed by atoms with Crippen LogP contribution in [0.15, 0.2) is 22.6 Å². The van der Waals surface area contributed by atoms with Gasteiger partial charge in [-0.15, -0.1) is 0 Å². The predicted octanol–water partition coefficient (Wildman–Crippen LogP) is 0.328. The Kier molecular flexibility index (Phi) is 2.34. The lowest BCUT2D eigenvalue weighted by Crippen LogP contribution is -2.29. The summed E-state index contributed by atoms with van der Waals surface area (Å²) in [6.07, 6.45) is 1.14. The zero-order valence-electron chi connectivity index (χ0n) is 9.42. The average Bonchev–Trinajstić information content (AvgIpc) is 2.83. The minimum atomic E-state index is -1.48. The van der Waals surface area contributed by atoms with Crippen molar-refractivity contribution in [1.82, 2.24) is 4.98 Å². The highest BCUT2D eigenvalue weighted by molar-refractivity contribution is 6.58. The number of anilines is 1. The van der Waals surface area contributed by atoms with E-state index in [4.69, 9.17) is 14.5 Å². The first-order valence-electron chi connectivity index (χ1n) is 5.66. The van der Waals surface area contributed by atoms with Crippen LogP contribution in [0.4, 0.5) is 6.01 Å². The van der Waals surface area contributed by atoms with Crippen molar-refractivity contribution in [3.63, 3.8) is 0 Å². The molecule has 2 aromatic rings. The normalized spacial score (nSPS) is 22.8. The van der Waals surface area contributed by atoms with Crippen molar-refractivity contribution in [1.29, 1.82) is 0 Å². The summed E-state index contributed by atoms with van der Waals surface area (Å²) in [5.74, 6) is 0.667. The van der Waals surface area contributed by atoms with E-state index in [0.717, 1.165) is 6.42 Å². The van der Waals surface area contributed by atoms with Crippen LogP contribution >= 0.6 is 0 Å². The van der Waals surface area contributed by atoms with Crippen LogP contribution in [0, 0.1) is 5.92 Å². The maximum Gasteiger partial charge on any atom is 0.488 e. The van der Waals surface area contributed by atoms with Crippen molar-refractivity contribution in [2.45, 2.75) is 19.4 Å². The van der Waals surface area contributed by atoms with E-state index >= 15 is 0 Å². The summed E-state index contributed by atoms with van der Waals surface area (Å²) in [5.41, 5.74) is 1.69. The summed E-state index contributed by atoms with van der Waals surface area (Å²) in [4.78, 5) is 4.27. The van der Waals surface area contributed by atoms with Crippen LogP contribution in [-0.4, -0.2) is 28.2 Å². The van der Waals surface area contributed by atoms with E-state index in [-0.39, 0.29) is 0 Å². The van der Waals surface area contributed by atoms with Crippen molar-refractivity contribution in [2.24, 2.45) is 5.92 Å². The van der Waals surface area contributed by atoms with Gasteiger partial charge in [0.1, 0.15) is 5.52 Å². The molecule has 0 amide bonds. The van der Waals surface area contributed by atoms with Gasteiger partial charge in [0.25, 0.3) is 6.01 Å². The Morgan fingerprint density at radius 1 is 1.47 bits per heavy atom. The number of fused-ring (bicyclic) bond motifs is 1. The third-order valence-corrected chi connectivity index (χ3v) is 3.13. The number of nitrogens with zero attached hydrogens (tertiary/aromatic N) is 1. The highest BCUT2D eigenvalue weighted by Gasteiger charge is 2.33. The number of hydrogen-bond acceptors (Lipinski definition) is 5. The molecule has 88 valence electrons. The quantitative estimate of drug-likeness (QED) is 0.664. The summed E-state index contributed by atoms with van der Waals surface area (Å²) in [6, 6.07) is 5.87. The second-order valence-electron chi connectivity index (χ2n) is 4.58. The van der Waals surface area contributed by atoms with Gasteiger partial charge in [-0.1, -0.05) is 13.0 Å². The summed E-state index contributed by atoms with van der Waals surface area (Å²) >= 11 is 0. The standard InChI is InChI=1S/C11H13BN2O3/c1-6-4-8(6)13-11-14-9-5-7(12(15)16)2-3-10(9)17-11/h2-3,5-6,8,15-16H,4H2,1H3,(H,13,14). The number of oxazole rings is 1. The molecule has 2 unspecified atom stereocenters. The topological polar surface area (TPSA) is 78.5 Å². The van der Waals surface area contributed by atoms with Crippen LogP contribution in [0.5, 0.6) is 0 Å². The fourth-order valence-corrected chi connectivity index (χ4v) is 1.85. The lowest BCUT2D eigenvalue weighted by Gasteiger charge is -1.96. The molecule has 1 saturated carbocycles. The van der Waals surface area contributed by atoms with Crippen LogP contribution in [0.2, 0.25) is 0 Å². The summed E-state index contributed by atoms with van der Waals surface area (Å²) in [5, 5.41) is 21.3. The molecule has 1 aliphatic rings. The highest BCUT2D eigenvalue weighted by atomic mass is 16.4. The van der Waals surface area contributed by atoms with Crippen LogP contribution in [0.25, 0.3) is 11.1 Å². The molecular formula is C11H13BN2O3. The zero-order chi connectivity index (χ0) is 12.0. The Bertz CT molecular complexity index is 555.